The van der Waals surface area contributed by atoms with Gasteiger partial charge in [-0.1, -0.05) is 22.0 Å². The van der Waals surface area contributed by atoms with Crippen LogP contribution < -0.4 is 10.6 Å². The van der Waals surface area contributed by atoms with Crippen LogP contribution in [0.4, 0.5) is 5.69 Å². The van der Waals surface area contributed by atoms with E-state index in [2.05, 4.69) is 27.0 Å². The number of hydrogen-bond acceptors (Lipinski definition) is 4. The molecule has 0 fully saturated rings. The summed E-state index contributed by atoms with van der Waals surface area (Å²) < 4.78 is 0.984. The van der Waals surface area contributed by atoms with E-state index in [9.17, 15) is 4.79 Å². The maximum atomic E-state index is 12.6. The summed E-state index contributed by atoms with van der Waals surface area (Å²) in [5.74, 6) is -0.0265. The van der Waals surface area contributed by atoms with Crippen LogP contribution in [0, 0.1) is 0 Å². The number of nitrogens with two attached hydrogens (primary N) is 1. The number of hydrogen-bond donors (Lipinski definition) is 1. The zero-order chi connectivity index (χ0) is 14.1. The standard InChI is InChI=1S/C14H14BrN3OS.ClH/c15-10-2-1-9-4-6-18(12(9)7-10)14(19)11-8-20-13(17-11)3-5-16;/h1-2,7-8H,3-6,16H2;1H. The number of rotatable bonds is 3. The van der Waals surface area contributed by atoms with Gasteiger partial charge in [0.2, 0.25) is 0 Å². The highest BCUT2D eigenvalue weighted by Gasteiger charge is 2.27. The Morgan fingerprint density at radius 2 is 2.29 bits per heavy atom. The highest BCUT2D eigenvalue weighted by molar-refractivity contribution is 9.10. The van der Waals surface area contributed by atoms with Crippen molar-refractivity contribution in [1.29, 1.82) is 0 Å². The lowest BCUT2D eigenvalue weighted by Gasteiger charge is -2.16. The first kappa shape index (κ1) is 16.4. The Kier molecular flexibility index (Phi) is 5.37. The molecule has 0 saturated carbocycles. The molecule has 1 aliphatic heterocycles. The van der Waals surface area contributed by atoms with Gasteiger partial charge in [-0.15, -0.1) is 23.7 Å². The van der Waals surface area contributed by atoms with Gasteiger partial charge in [-0.2, -0.15) is 0 Å². The SMILES string of the molecule is Cl.NCCc1nc(C(=O)N2CCc3ccc(Br)cc32)cs1. The summed E-state index contributed by atoms with van der Waals surface area (Å²) in [4.78, 5) is 18.7. The largest absolute Gasteiger partial charge is 0.330 e. The topological polar surface area (TPSA) is 59.2 Å². The zero-order valence-electron chi connectivity index (χ0n) is 11.2. The van der Waals surface area contributed by atoms with Crippen molar-refractivity contribution in [3.8, 4) is 0 Å². The molecule has 0 radical (unpaired) electrons. The van der Waals surface area contributed by atoms with Gasteiger partial charge in [0, 0.05) is 28.5 Å². The minimum absolute atomic E-state index is 0. The van der Waals surface area contributed by atoms with Crippen LogP contribution in [0.1, 0.15) is 21.1 Å². The first-order valence-electron chi connectivity index (χ1n) is 6.44. The number of aromatic nitrogens is 1. The van der Waals surface area contributed by atoms with Crippen LogP contribution in [0.15, 0.2) is 28.1 Å². The number of carbonyl (C=O) groups is 1. The number of nitrogens with zero attached hydrogens (tertiary/aromatic N) is 2. The van der Waals surface area contributed by atoms with Crippen LogP contribution in [0.2, 0.25) is 0 Å². The first-order chi connectivity index (χ1) is 9.69. The molecule has 21 heavy (non-hydrogen) atoms. The van der Waals surface area contributed by atoms with Crippen LogP contribution in [0.3, 0.4) is 0 Å². The lowest BCUT2D eigenvalue weighted by Crippen LogP contribution is -2.29. The van der Waals surface area contributed by atoms with E-state index in [-0.39, 0.29) is 18.3 Å². The van der Waals surface area contributed by atoms with Crippen LogP contribution in [-0.2, 0) is 12.8 Å². The Morgan fingerprint density at radius 1 is 1.48 bits per heavy atom. The molecule has 1 amide bonds. The fraction of sp³-hybridized carbons (Fsp3) is 0.286. The summed E-state index contributed by atoms with van der Waals surface area (Å²) >= 11 is 4.95. The summed E-state index contributed by atoms with van der Waals surface area (Å²) in [6, 6.07) is 6.07. The zero-order valence-corrected chi connectivity index (χ0v) is 14.4. The molecule has 0 bridgehead atoms. The summed E-state index contributed by atoms with van der Waals surface area (Å²) in [6.45, 7) is 1.27. The maximum Gasteiger partial charge on any atom is 0.277 e. The van der Waals surface area contributed by atoms with E-state index in [4.69, 9.17) is 5.73 Å². The number of carbonyl (C=O) groups excluding carboxylic acids is 1. The molecular formula is C14H15BrClN3OS. The van der Waals surface area contributed by atoms with Crippen LogP contribution in [0.25, 0.3) is 0 Å². The average molecular weight is 389 g/mol. The Morgan fingerprint density at radius 3 is 3.05 bits per heavy atom. The summed E-state index contributed by atoms with van der Waals surface area (Å²) in [6.07, 6.45) is 1.62. The monoisotopic (exact) mass is 387 g/mol. The third-order valence-electron chi connectivity index (χ3n) is 3.32. The second kappa shape index (κ2) is 6.87. The molecule has 1 aliphatic rings. The summed E-state index contributed by atoms with van der Waals surface area (Å²) in [5.41, 5.74) is 8.23. The number of fused-ring (bicyclic) bond motifs is 1. The van der Waals surface area contributed by atoms with Gasteiger partial charge >= 0.3 is 0 Å². The Labute approximate surface area is 141 Å². The molecule has 1 aromatic heterocycles. The van der Waals surface area contributed by atoms with Gasteiger partial charge in [0.1, 0.15) is 5.69 Å². The molecule has 2 heterocycles. The van der Waals surface area contributed by atoms with Gasteiger partial charge in [0.05, 0.1) is 5.01 Å². The minimum atomic E-state index is -0.0265. The fourth-order valence-corrected chi connectivity index (χ4v) is 3.49. The Balaban J connectivity index is 0.00000161. The highest BCUT2D eigenvalue weighted by atomic mass is 79.9. The van der Waals surface area contributed by atoms with Gasteiger partial charge in [-0.3, -0.25) is 4.79 Å². The molecule has 2 N–H and O–H groups in total. The van der Waals surface area contributed by atoms with Crippen LogP contribution >= 0.6 is 39.7 Å². The smallest absolute Gasteiger partial charge is 0.277 e. The van der Waals surface area contributed by atoms with Crippen molar-refractivity contribution in [2.45, 2.75) is 12.8 Å². The molecule has 1 aromatic carbocycles. The molecule has 4 nitrogen and oxygen atoms in total. The first-order valence-corrected chi connectivity index (χ1v) is 8.11. The molecule has 3 rings (SSSR count). The summed E-state index contributed by atoms with van der Waals surface area (Å²) in [5, 5.41) is 2.74. The molecule has 0 spiro atoms. The van der Waals surface area contributed by atoms with Gasteiger partial charge < -0.3 is 10.6 Å². The lowest BCUT2D eigenvalue weighted by atomic mass is 10.2. The maximum absolute atomic E-state index is 12.6. The third-order valence-corrected chi connectivity index (χ3v) is 4.72. The third kappa shape index (κ3) is 3.29. The van der Waals surface area contributed by atoms with Crippen LogP contribution in [0.5, 0.6) is 0 Å². The molecule has 2 aromatic rings. The van der Waals surface area contributed by atoms with E-state index < -0.39 is 0 Å². The normalized spacial score (nSPS) is 13.0. The van der Waals surface area contributed by atoms with Crippen LogP contribution in [-0.4, -0.2) is 24.0 Å². The molecule has 0 saturated heterocycles. The number of anilines is 1. The molecule has 0 aliphatic carbocycles. The van der Waals surface area contributed by atoms with Crippen molar-refractivity contribution in [3.63, 3.8) is 0 Å². The van der Waals surface area contributed by atoms with E-state index in [1.165, 1.54) is 16.9 Å². The Hall–Kier alpha value is -0.950. The lowest BCUT2D eigenvalue weighted by molar-refractivity contribution is 0.0985. The number of benzene rings is 1. The molecule has 7 heteroatoms. The number of amides is 1. The molecule has 0 unspecified atom stereocenters. The van der Waals surface area contributed by atoms with Crippen molar-refractivity contribution in [2.75, 3.05) is 18.0 Å². The van der Waals surface area contributed by atoms with Gasteiger partial charge in [-0.25, -0.2) is 4.98 Å². The molecule has 0 atom stereocenters. The Bertz CT molecular complexity index is 661. The predicted molar refractivity (Wildman–Crippen MR) is 91.6 cm³/mol. The second-order valence-electron chi connectivity index (χ2n) is 4.64. The highest BCUT2D eigenvalue weighted by Crippen LogP contribution is 2.32. The average Bonchev–Trinajstić information content (AvgIpc) is 3.05. The predicted octanol–water partition coefficient (Wildman–Crippen LogP) is 3.03. The van der Waals surface area contributed by atoms with E-state index in [1.807, 2.05) is 17.5 Å². The van der Waals surface area contributed by atoms with Gasteiger partial charge in [-0.05, 0) is 30.7 Å². The van der Waals surface area contributed by atoms with E-state index in [0.29, 0.717) is 18.8 Å². The minimum Gasteiger partial charge on any atom is -0.330 e. The van der Waals surface area contributed by atoms with Gasteiger partial charge in [0.15, 0.2) is 0 Å². The van der Waals surface area contributed by atoms with E-state index in [1.54, 1.807) is 4.90 Å². The van der Waals surface area contributed by atoms with Crippen molar-refractivity contribution >= 4 is 51.3 Å². The second-order valence-corrected chi connectivity index (χ2v) is 6.50. The molecule has 112 valence electrons. The number of halogens is 2. The van der Waals surface area contributed by atoms with Crippen molar-refractivity contribution < 1.29 is 4.79 Å². The van der Waals surface area contributed by atoms with Crippen molar-refractivity contribution in [2.24, 2.45) is 5.73 Å². The van der Waals surface area contributed by atoms with E-state index >= 15 is 0 Å². The molecular weight excluding hydrogens is 374 g/mol. The fourth-order valence-electron chi connectivity index (χ4n) is 2.35. The van der Waals surface area contributed by atoms with E-state index in [0.717, 1.165) is 28.0 Å². The number of thiazole rings is 1. The quantitative estimate of drug-likeness (QED) is 0.879. The van der Waals surface area contributed by atoms with Gasteiger partial charge in [0.25, 0.3) is 5.91 Å². The summed E-state index contributed by atoms with van der Waals surface area (Å²) in [7, 11) is 0. The van der Waals surface area contributed by atoms with Crippen molar-refractivity contribution in [1.82, 2.24) is 4.98 Å². The van der Waals surface area contributed by atoms with Crippen molar-refractivity contribution in [3.05, 3.63) is 44.3 Å².